The fourth-order valence-electron chi connectivity index (χ4n) is 2.01. The number of anilines is 1. The van der Waals surface area contributed by atoms with Gasteiger partial charge in [0.05, 0.1) is 17.7 Å². The van der Waals surface area contributed by atoms with Crippen LogP contribution in [-0.2, 0) is 6.18 Å². The quantitative estimate of drug-likeness (QED) is 0.723. The van der Waals surface area contributed by atoms with Crippen molar-refractivity contribution < 1.29 is 18.0 Å². The number of para-hydroxylation sites is 1. The predicted octanol–water partition coefficient (Wildman–Crippen LogP) is 5.56. The van der Waals surface area contributed by atoms with E-state index < -0.39 is 11.7 Å². The summed E-state index contributed by atoms with van der Waals surface area (Å²) in [6.45, 7) is 3.63. The van der Waals surface area contributed by atoms with Crippen LogP contribution >= 0.6 is 11.6 Å². The van der Waals surface area contributed by atoms with E-state index in [0.29, 0.717) is 10.6 Å². The van der Waals surface area contributed by atoms with Crippen molar-refractivity contribution in [3.05, 3.63) is 77.0 Å². The number of allylic oxidation sites excluding steroid dienone is 1. The maximum Gasteiger partial charge on any atom is 0.418 e. The Labute approximate surface area is 136 Å². The molecule has 0 unspecified atom stereocenters. The van der Waals surface area contributed by atoms with Gasteiger partial charge in [-0.1, -0.05) is 30.3 Å². The fraction of sp³-hybridized carbons (Fsp3) is 0.118. The molecule has 1 N–H and O–H groups in total. The summed E-state index contributed by atoms with van der Waals surface area (Å²) in [5, 5.41) is 3.07. The van der Waals surface area contributed by atoms with Gasteiger partial charge in [0.15, 0.2) is 5.78 Å². The zero-order chi connectivity index (χ0) is 17.0. The van der Waals surface area contributed by atoms with Crippen molar-refractivity contribution in [2.75, 3.05) is 5.32 Å². The lowest BCUT2D eigenvalue weighted by Gasteiger charge is -2.15. The molecule has 23 heavy (non-hydrogen) atoms. The Kier molecular flexibility index (Phi) is 5.11. The molecule has 2 rings (SSSR count). The number of carbonyl (C=O) groups is 1. The Bertz CT molecular complexity index is 723. The summed E-state index contributed by atoms with van der Waals surface area (Å²) in [7, 11) is 0. The zero-order valence-corrected chi connectivity index (χ0v) is 12.7. The van der Waals surface area contributed by atoms with Gasteiger partial charge >= 0.3 is 6.18 Å². The molecule has 0 radical (unpaired) electrons. The SMILES string of the molecule is C=C(CC(=O)c1ccc(Cl)cc1)Nc1ccccc1C(F)(F)F. The molecule has 0 aliphatic rings. The third-order valence-corrected chi connectivity index (χ3v) is 3.34. The predicted molar refractivity (Wildman–Crippen MR) is 84.6 cm³/mol. The molecule has 0 saturated carbocycles. The molecule has 0 heterocycles. The molecule has 2 aromatic carbocycles. The number of hydrogen-bond acceptors (Lipinski definition) is 2. The average molecular weight is 340 g/mol. The van der Waals surface area contributed by atoms with Gasteiger partial charge in [0.1, 0.15) is 0 Å². The van der Waals surface area contributed by atoms with Crippen LogP contribution in [0, 0.1) is 0 Å². The molecule has 120 valence electrons. The fourth-order valence-corrected chi connectivity index (χ4v) is 2.13. The van der Waals surface area contributed by atoms with Crippen molar-refractivity contribution in [1.82, 2.24) is 0 Å². The summed E-state index contributed by atoms with van der Waals surface area (Å²) in [4.78, 5) is 12.1. The number of carbonyl (C=O) groups excluding carboxylic acids is 1. The highest BCUT2D eigenvalue weighted by Crippen LogP contribution is 2.35. The van der Waals surface area contributed by atoms with E-state index >= 15 is 0 Å². The summed E-state index contributed by atoms with van der Waals surface area (Å²) in [6, 6.07) is 11.3. The van der Waals surface area contributed by atoms with Gasteiger partial charge in [0.25, 0.3) is 0 Å². The molecule has 0 aromatic heterocycles. The van der Waals surface area contributed by atoms with Gasteiger partial charge in [0.2, 0.25) is 0 Å². The highest BCUT2D eigenvalue weighted by atomic mass is 35.5. The molecule has 0 fully saturated rings. The number of Topliss-reactive ketones (excluding diaryl/α,β-unsaturated/α-hetero) is 1. The number of benzene rings is 2. The minimum absolute atomic E-state index is 0.117. The maximum absolute atomic E-state index is 12.9. The van der Waals surface area contributed by atoms with Gasteiger partial charge in [-0.15, -0.1) is 0 Å². The van der Waals surface area contributed by atoms with Crippen LogP contribution in [0.3, 0.4) is 0 Å². The van der Waals surface area contributed by atoms with Crippen molar-refractivity contribution in [3.63, 3.8) is 0 Å². The van der Waals surface area contributed by atoms with E-state index in [1.807, 2.05) is 0 Å². The van der Waals surface area contributed by atoms with Gasteiger partial charge < -0.3 is 5.32 Å². The van der Waals surface area contributed by atoms with Crippen LogP contribution in [0.1, 0.15) is 22.3 Å². The molecule has 0 aliphatic carbocycles. The first kappa shape index (κ1) is 17.1. The molecule has 0 bridgehead atoms. The number of rotatable bonds is 5. The number of alkyl halides is 3. The monoisotopic (exact) mass is 339 g/mol. The molecular weight excluding hydrogens is 327 g/mol. The Morgan fingerprint density at radius 3 is 2.30 bits per heavy atom. The molecular formula is C17H13ClF3NO. The van der Waals surface area contributed by atoms with E-state index in [2.05, 4.69) is 11.9 Å². The smallest absolute Gasteiger partial charge is 0.359 e. The van der Waals surface area contributed by atoms with Crippen LogP contribution in [0.2, 0.25) is 5.02 Å². The lowest BCUT2D eigenvalue weighted by Crippen LogP contribution is -2.12. The molecule has 2 aromatic rings. The number of ketones is 1. The summed E-state index contributed by atoms with van der Waals surface area (Å²) < 4.78 is 38.7. The van der Waals surface area contributed by atoms with Crippen LogP contribution in [0.15, 0.2) is 60.8 Å². The third-order valence-electron chi connectivity index (χ3n) is 3.08. The minimum atomic E-state index is -4.48. The summed E-state index contributed by atoms with van der Waals surface area (Å²) >= 11 is 5.74. The van der Waals surface area contributed by atoms with E-state index in [-0.39, 0.29) is 23.6 Å². The van der Waals surface area contributed by atoms with Crippen LogP contribution in [0.4, 0.5) is 18.9 Å². The van der Waals surface area contributed by atoms with Crippen LogP contribution in [-0.4, -0.2) is 5.78 Å². The van der Waals surface area contributed by atoms with Crippen molar-refractivity contribution in [1.29, 1.82) is 0 Å². The first-order chi connectivity index (χ1) is 10.8. The maximum atomic E-state index is 12.9. The van der Waals surface area contributed by atoms with E-state index in [0.717, 1.165) is 6.07 Å². The highest BCUT2D eigenvalue weighted by molar-refractivity contribution is 6.30. The second-order valence-corrected chi connectivity index (χ2v) is 5.32. The third kappa shape index (κ3) is 4.60. The summed E-state index contributed by atoms with van der Waals surface area (Å²) in [5.74, 6) is -0.261. The van der Waals surface area contributed by atoms with Crippen molar-refractivity contribution in [2.24, 2.45) is 0 Å². The molecule has 0 saturated heterocycles. The Balaban J connectivity index is 2.08. The van der Waals surface area contributed by atoms with E-state index in [9.17, 15) is 18.0 Å². The summed E-state index contributed by atoms with van der Waals surface area (Å²) in [6.07, 6.45) is -4.60. The topological polar surface area (TPSA) is 29.1 Å². The normalized spacial score (nSPS) is 11.1. The van der Waals surface area contributed by atoms with E-state index in [1.54, 1.807) is 24.3 Å². The molecule has 0 amide bonds. The highest BCUT2D eigenvalue weighted by Gasteiger charge is 2.33. The minimum Gasteiger partial charge on any atom is -0.359 e. The number of nitrogens with one attached hydrogen (secondary N) is 1. The van der Waals surface area contributed by atoms with E-state index in [4.69, 9.17) is 11.6 Å². The Morgan fingerprint density at radius 1 is 1.09 bits per heavy atom. The molecule has 0 spiro atoms. The number of hydrogen-bond donors (Lipinski definition) is 1. The van der Waals surface area contributed by atoms with Gasteiger partial charge in [-0.25, -0.2) is 0 Å². The molecule has 0 aliphatic heterocycles. The second-order valence-electron chi connectivity index (χ2n) is 4.88. The summed E-state index contributed by atoms with van der Waals surface area (Å²) in [5.41, 5.74) is -0.336. The van der Waals surface area contributed by atoms with Crippen molar-refractivity contribution in [2.45, 2.75) is 12.6 Å². The zero-order valence-electron chi connectivity index (χ0n) is 12.0. The molecule has 2 nitrogen and oxygen atoms in total. The first-order valence-electron chi connectivity index (χ1n) is 6.67. The van der Waals surface area contributed by atoms with Crippen LogP contribution in [0.25, 0.3) is 0 Å². The molecule has 0 atom stereocenters. The average Bonchev–Trinajstić information content (AvgIpc) is 2.47. The van der Waals surface area contributed by atoms with Crippen molar-refractivity contribution >= 4 is 23.1 Å². The number of halogens is 4. The molecule has 6 heteroatoms. The standard InChI is InChI=1S/C17H13ClF3NO/c1-11(10-16(23)12-6-8-13(18)9-7-12)22-15-5-3-2-4-14(15)17(19,20)21/h2-9,22H,1,10H2. The van der Waals surface area contributed by atoms with Gasteiger partial charge in [-0.3, -0.25) is 4.79 Å². The Morgan fingerprint density at radius 2 is 1.70 bits per heavy atom. The lowest BCUT2D eigenvalue weighted by molar-refractivity contribution is -0.136. The van der Waals surface area contributed by atoms with E-state index in [1.165, 1.54) is 18.2 Å². The van der Waals surface area contributed by atoms with Gasteiger partial charge in [-0.05, 0) is 36.4 Å². The van der Waals surface area contributed by atoms with Gasteiger partial charge in [0, 0.05) is 16.3 Å². The second kappa shape index (κ2) is 6.87. The lowest BCUT2D eigenvalue weighted by atomic mass is 10.1. The van der Waals surface area contributed by atoms with Crippen LogP contribution in [0.5, 0.6) is 0 Å². The first-order valence-corrected chi connectivity index (χ1v) is 7.05. The van der Waals surface area contributed by atoms with Crippen molar-refractivity contribution in [3.8, 4) is 0 Å². The Hall–Kier alpha value is -2.27. The largest absolute Gasteiger partial charge is 0.418 e. The van der Waals surface area contributed by atoms with Gasteiger partial charge in [-0.2, -0.15) is 13.2 Å². The van der Waals surface area contributed by atoms with Crippen LogP contribution < -0.4 is 5.32 Å².